The Morgan fingerprint density at radius 3 is 1.90 bits per heavy atom. The number of rotatable bonds is 2. The number of ether oxygens (including phenoxy) is 1. The molecular formula is C5H9F3O2. The Labute approximate surface area is 56.6 Å². The molecule has 0 aliphatic carbocycles. The second-order valence-corrected chi connectivity index (χ2v) is 2.20. The molecule has 0 heterocycles. The summed E-state index contributed by atoms with van der Waals surface area (Å²) in [6.07, 6.45) is -4.62. The van der Waals surface area contributed by atoms with Gasteiger partial charge in [-0.25, -0.2) is 0 Å². The molecule has 0 saturated carbocycles. The van der Waals surface area contributed by atoms with Gasteiger partial charge in [-0.1, -0.05) is 0 Å². The summed E-state index contributed by atoms with van der Waals surface area (Å²) >= 11 is 0. The fraction of sp³-hybridized carbons (Fsp3) is 1.00. The largest absolute Gasteiger partial charge is 0.419 e. The van der Waals surface area contributed by atoms with E-state index in [-0.39, 0.29) is 0 Å². The zero-order chi connectivity index (χ0) is 8.41. The molecule has 1 N–H and O–H groups in total. The van der Waals surface area contributed by atoms with Gasteiger partial charge < -0.3 is 9.84 Å². The molecule has 0 radical (unpaired) electrons. The SMILES string of the molecule is COCC(C)(O)C(F)(F)F. The molecule has 1 atom stereocenters. The Bertz CT molecular complexity index is 108. The van der Waals surface area contributed by atoms with Gasteiger partial charge in [-0.05, 0) is 6.92 Å². The average molecular weight is 158 g/mol. The molecule has 0 aromatic carbocycles. The van der Waals surface area contributed by atoms with Crippen molar-refractivity contribution in [1.82, 2.24) is 0 Å². The predicted molar refractivity (Wildman–Crippen MR) is 28.6 cm³/mol. The summed E-state index contributed by atoms with van der Waals surface area (Å²) in [5, 5.41) is 8.60. The number of halogens is 3. The van der Waals surface area contributed by atoms with E-state index in [4.69, 9.17) is 5.11 Å². The van der Waals surface area contributed by atoms with Gasteiger partial charge >= 0.3 is 6.18 Å². The van der Waals surface area contributed by atoms with E-state index in [1.807, 2.05) is 0 Å². The summed E-state index contributed by atoms with van der Waals surface area (Å²) in [4.78, 5) is 0. The molecule has 0 saturated heterocycles. The van der Waals surface area contributed by atoms with Crippen molar-refractivity contribution in [2.45, 2.75) is 18.7 Å². The van der Waals surface area contributed by atoms with Gasteiger partial charge in [0.15, 0.2) is 5.60 Å². The van der Waals surface area contributed by atoms with Crippen LogP contribution in [0.2, 0.25) is 0 Å². The number of methoxy groups -OCH3 is 1. The highest BCUT2D eigenvalue weighted by molar-refractivity contribution is 4.80. The standard InChI is InChI=1S/C5H9F3O2/c1-4(9,3-10-2)5(6,7)8/h9H,3H2,1-2H3. The lowest BCUT2D eigenvalue weighted by molar-refractivity contribution is -0.265. The van der Waals surface area contributed by atoms with E-state index in [0.29, 0.717) is 6.92 Å². The van der Waals surface area contributed by atoms with Crippen LogP contribution in [-0.2, 0) is 4.74 Å². The van der Waals surface area contributed by atoms with Crippen LogP contribution in [0.1, 0.15) is 6.92 Å². The Morgan fingerprint density at radius 1 is 1.40 bits per heavy atom. The molecule has 0 aliphatic rings. The van der Waals surface area contributed by atoms with Gasteiger partial charge in [0.1, 0.15) is 0 Å². The molecule has 5 heteroatoms. The lowest BCUT2D eigenvalue weighted by Crippen LogP contribution is -2.45. The van der Waals surface area contributed by atoms with Gasteiger partial charge in [-0.2, -0.15) is 13.2 Å². The highest BCUT2D eigenvalue weighted by atomic mass is 19.4. The second kappa shape index (κ2) is 2.75. The minimum absolute atomic E-state index is 0.663. The van der Waals surface area contributed by atoms with Gasteiger partial charge in [0, 0.05) is 7.11 Å². The first-order chi connectivity index (χ1) is 4.31. The number of alkyl halides is 3. The normalized spacial score (nSPS) is 18.6. The third-order valence-electron chi connectivity index (χ3n) is 1.04. The van der Waals surface area contributed by atoms with E-state index < -0.39 is 18.4 Å². The highest BCUT2D eigenvalue weighted by Gasteiger charge is 2.49. The van der Waals surface area contributed by atoms with Gasteiger partial charge in [0.25, 0.3) is 0 Å². The van der Waals surface area contributed by atoms with Crippen molar-refractivity contribution in [3.63, 3.8) is 0 Å². The van der Waals surface area contributed by atoms with Crippen LogP contribution in [0.15, 0.2) is 0 Å². The van der Waals surface area contributed by atoms with E-state index >= 15 is 0 Å². The first-order valence-corrected chi connectivity index (χ1v) is 2.59. The van der Waals surface area contributed by atoms with Crippen LogP contribution in [-0.4, -0.2) is 30.6 Å². The molecule has 0 aliphatic heterocycles. The van der Waals surface area contributed by atoms with Gasteiger partial charge in [-0.3, -0.25) is 0 Å². The second-order valence-electron chi connectivity index (χ2n) is 2.20. The van der Waals surface area contributed by atoms with E-state index in [1.54, 1.807) is 0 Å². The maximum Gasteiger partial charge on any atom is 0.419 e. The highest BCUT2D eigenvalue weighted by Crippen LogP contribution is 2.29. The molecule has 0 spiro atoms. The van der Waals surface area contributed by atoms with Crippen molar-refractivity contribution in [2.75, 3.05) is 13.7 Å². The minimum atomic E-state index is -4.62. The molecule has 0 bridgehead atoms. The smallest absolute Gasteiger partial charge is 0.381 e. The van der Waals surface area contributed by atoms with Crippen molar-refractivity contribution >= 4 is 0 Å². The van der Waals surface area contributed by atoms with Crippen LogP contribution in [0, 0.1) is 0 Å². The molecule has 1 unspecified atom stereocenters. The summed E-state index contributed by atoms with van der Waals surface area (Å²) in [5.41, 5.74) is -2.73. The molecule has 0 rings (SSSR count). The molecule has 0 aromatic heterocycles. The molecule has 0 aromatic rings. The summed E-state index contributed by atoms with van der Waals surface area (Å²) in [5.74, 6) is 0. The van der Waals surface area contributed by atoms with Gasteiger partial charge in [0.2, 0.25) is 0 Å². The fourth-order valence-electron chi connectivity index (χ4n) is 0.363. The Morgan fingerprint density at radius 2 is 1.80 bits per heavy atom. The first-order valence-electron chi connectivity index (χ1n) is 2.59. The topological polar surface area (TPSA) is 29.5 Å². The van der Waals surface area contributed by atoms with E-state index in [2.05, 4.69) is 4.74 Å². The lowest BCUT2D eigenvalue weighted by Gasteiger charge is -2.24. The van der Waals surface area contributed by atoms with Crippen molar-refractivity contribution in [3.8, 4) is 0 Å². The van der Waals surface area contributed by atoms with Crippen molar-refractivity contribution in [1.29, 1.82) is 0 Å². The summed E-state index contributed by atoms with van der Waals surface area (Å²) in [6, 6.07) is 0. The molecule has 62 valence electrons. The van der Waals surface area contributed by atoms with Crippen molar-refractivity contribution in [2.24, 2.45) is 0 Å². The number of hydrogen-bond acceptors (Lipinski definition) is 2. The van der Waals surface area contributed by atoms with E-state index in [0.717, 1.165) is 7.11 Å². The van der Waals surface area contributed by atoms with Crippen LogP contribution >= 0.6 is 0 Å². The molecule has 0 amide bonds. The summed E-state index contributed by atoms with van der Waals surface area (Å²) < 4.78 is 39.2. The van der Waals surface area contributed by atoms with Crippen LogP contribution in [0.25, 0.3) is 0 Å². The Kier molecular flexibility index (Phi) is 2.67. The quantitative estimate of drug-likeness (QED) is 0.648. The maximum absolute atomic E-state index is 11.7. The zero-order valence-electron chi connectivity index (χ0n) is 5.70. The zero-order valence-corrected chi connectivity index (χ0v) is 5.70. The van der Waals surface area contributed by atoms with Crippen LogP contribution in [0.3, 0.4) is 0 Å². The third-order valence-corrected chi connectivity index (χ3v) is 1.04. The van der Waals surface area contributed by atoms with Crippen LogP contribution in [0.5, 0.6) is 0 Å². The van der Waals surface area contributed by atoms with Crippen molar-refractivity contribution < 1.29 is 23.0 Å². The fourth-order valence-corrected chi connectivity index (χ4v) is 0.363. The number of aliphatic hydroxyl groups is 1. The number of hydrogen-bond donors (Lipinski definition) is 1. The van der Waals surface area contributed by atoms with Gasteiger partial charge in [-0.15, -0.1) is 0 Å². The summed E-state index contributed by atoms with van der Waals surface area (Å²) in [7, 11) is 1.10. The Hall–Kier alpha value is -0.290. The molecule has 2 nitrogen and oxygen atoms in total. The average Bonchev–Trinajstić information content (AvgIpc) is 1.61. The molecule has 10 heavy (non-hydrogen) atoms. The predicted octanol–water partition coefficient (Wildman–Crippen LogP) is 0.946. The Balaban J connectivity index is 4.10. The monoisotopic (exact) mass is 158 g/mol. The third kappa shape index (κ3) is 2.15. The molecular weight excluding hydrogens is 149 g/mol. The van der Waals surface area contributed by atoms with E-state index in [9.17, 15) is 13.2 Å². The van der Waals surface area contributed by atoms with Crippen molar-refractivity contribution in [3.05, 3.63) is 0 Å². The van der Waals surface area contributed by atoms with Crippen LogP contribution in [0.4, 0.5) is 13.2 Å². The van der Waals surface area contributed by atoms with Crippen LogP contribution < -0.4 is 0 Å². The lowest BCUT2D eigenvalue weighted by atomic mass is 10.1. The maximum atomic E-state index is 11.7. The first kappa shape index (κ1) is 9.71. The van der Waals surface area contributed by atoms with E-state index in [1.165, 1.54) is 0 Å². The van der Waals surface area contributed by atoms with Gasteiger partial charge in [0.05, 0.1) is 6.61 Å². The summed E-state index contributed by atoms with van der Waals surface area (Å²) in [6.45, 7) is -0.0764. The minimum Gasteiger partial charge on any atom is -0.381 e. The molecule has 0 fully saturated rings.